The number of urea groups is 1. The number of H-pyrrole nitrogens is 1. The molecule has 1 aliphatic rings. The van der Waals surface area contributed by atoms with Gasteiger partial charge in [0.05, 0.1) is 7.11 Å². The Hall–Kier alpha value is -2.50. The van der Waals surface area contributed by atoms with Gasteiger partial charge in [0.2, 0.25) is 5.91 Å². The van der Waals surface area contributed by atoms with Gasteiger partial charge in [0, 0.05) is 23.6 Å². The monoisotopic (exact) mass is 273 g/mol. The number of aromatic nitrogens is 1. The molecule has 6 nitrogen and oxygen atoms in total. The molecule has 2 aromatic rings. The molecular weight excluding hydrogens is 258 g/mol. The molecule has 20 heavy (non-hydrogen) atoms. The van der Waals surface area contributed by atoms with Crippen LogP contribution >= 0.6 is 0 Å². The first-order chi connectivity index (χ1) is 9.67. The molecule has 3 amide bonds. The summed E-state index contributed by atoms with van der Waals surface area (Å²) in [6.07, 6.45) is 2.62. The van der Waals surface area contributed by atoms with Gasteiger partial charge in [-0.15, -0.1) is 0 Å². The topological polar surface area (TPSA) is 74.4 Å². The molecule has 0 saturated carbocycles. The van der Waals surface area contributed by atoms with Gasteiger partial charge in [0.15, 0.2) is 0 Å². The van der Waals surface area contributed by atoms with Crippen LogP contribution in [0, 0.1) is 0 Å². The van der Waals surface area contributed by atoms with E-state index < -0.39 is 0 Å². The van der Waals surface area contributed by atoms with E-state index in [4.69, 9.17) is 4.74 Å². The van der Waals surface area contributed by atoms with Crippen molar-refractivity contribution in [2.24, 2.45) is 0 Å². The minimum absolute atomic E-state index is 0.143. The molecule has 0 unspecified atom stereocenters. The first-order valence-corrected chi connectivity index (χ1v) is 6.40. The summed E-state index contributed by atoms with van der Waals surface area (Å²) < 4.78 is 5.22. The van der Waals surface area contributed by atoms with Crippen molar-refractivity contribution in [1.82, 2.24) is 15.2 Å². The fraction of sp³-hybridized carbons (Fsp3) is 0.286. The van der Waals surface area contributed by atoms with Crippen LogP contribution in [0.1, 0.15) is 5.56 Å². The number of rotatable bonds is 4. The molecule has 0 spiro atoms. The van der Waals surface area contributed by atoms with E-state index in [1.54, 1.807) is 7.11 Å². The highest BCUT2D eigenvalue weighted by atomic mass is 16.5. The molecule has 3 rings (SSSR count). The van der Waals surface area contributed by atoms with Crippen molar-refractivity contribution in [3.05, 3.63) is 30.0 Å². The Balaban J connectivity index is 1.77. The van der Waals surface area contributed by atoms with Gasteiger partial charge < -0.3 is 14.6 Å². The molecule has 6 heteroatoms. The SMILES string of the molecule is COc1ccc2[nH]cc(CCN3CC(=O)NC3=O)c2c1. The first-order valence-electron chi connectivity index (χ1n) is 6.40. The zero-order valence-electron chi connectivity index (χ0n) is 11.1. The first kappa shape index (κ1) is 12.5. The van der Waals surface area contributed by atoms with Crippen molar-refractivity contribution in [2.75, 3.05) is 20.2 Å². The standard InChI is InChI=1S/C14H15N3O3/c1-20-10-2-3-12-11(6-10)9(7-15-12)4-5-17-8-13(18)16-14(17)19/h2-3,6-7,15H,4-5,8H2,1H3,(H,16,18,19). The molecule has 104 valence electrons. The van der Waals surface area contributed by atoms with Crippen LogP contribution in [-0.2, 0) is 11.2 Å². The molecule has 0 radical (unpaired) electrons. The number of methoxy groups -OCH3 is 1. The number of benzene rings is 1. The van der Waals surface area contributed by atoms with E-state index in [0.29, 0.717) is 13.0 Å². The van der Waals surface area contributed by atoms with Gasteiger partial charge in [-0.05, 0) is 30.2 Å². The maximum absolute atomic E-state index is 11.5. The Bertz CT molecular complexity index is 677. The average Bonchev–Trinajstić information content (AvgIpc) is 2.98. The summed E-state index contributed by atoms with van der Waals surface area (Å²) in [5, 5.41) is 3.35. The van der Waals surface area contributed by atoms with Gasteiger partial charge in [0.25, 0.3) is 0 Å². The Morgan fingerprint density at radius 1 is 1.35 bits per heavy atom. The summed E-state index contributed by atoms with van der Waals surface area (Å²) in [5.74, 6) is 0.558. The smallest absolute Gasteiger partial charge is 0.324 e. The second-order valence-electron chi connectivity index (χ2n) is 4.75. The molecule has 0 bridgehead atoms. The van der Waals surface area contributed by atoms with E-state index in [2.05, 4.69) is 10.3 Å². The maximum atomic E-state index is 11.5. The summed E-state index contributed by atoms with van der Waals surface area (Å²) in [5.41, 5.74) is 2.13. The van der Waals surface area contributed by atoms with Crippen molar-refractivity contribution in [3.8, 4) is 5.75 Å². The van der Waals surface area contributed by atoms with Crippen molar-refractivity contribution in [1.29, 1.82) is 0 Å². The van der Waals surface area contributed by atoms with Crippen LogP contribution in [0.25, 0.3) is 10.9 Å². The summed E-state index contributed by atoms with van der Waals surface area (Å²) in [7, 11) is 1.63. The molecular formula is C14H15N3O3. The van der Waals surface area contributed by atoms with E-state index in [1.807, 2.05) is 24.4 Å². The van der Waals surface area contributed by atoms with Crippen molar-refractivity contribution in [3.63, 3.8) is 0 Å². The van der Waals surface area contributed by atoms with E-state index in [9.17, 15) is 9.59 Å². The van der Waals surface area contributed by atoms with Crippen LogP contribution in [0.15, 0.2) is 24.4 Å². The zero-order chi connectivity index (χ0) is 14.1. The van der Waals surface area contributed by atoms with Gasteiger partial charge in [-0.25, -0.2) is 4.79 Å². The van der Waals surface area contributed by atoms with Crippen LogP contribution in [-0.4, -0.2) is 42.0 Å². The number of nitrogens with one attached hydrogen (secondary N) is 2. The molecule has 0 atom stereocenters. The van der Waals surface area contributed by atoms with Crippen LogP contribution < -0.4 is 10.1 Å². The Morgan fingerprint density at radius 3 is 2.90 bits per heavy atom. The summed E-state index contributed by atoms with van der Waals surface area (Å²) in [4.78, 5) is 27.3. The van der Waals surface area contributed by atoms with E-state index in [0.717, 1.165) is 22.2 Å². The third-order valence-corrected chi connectivity index (χ3v) is 3.49. The summed E-state index contributed by atoms with van der Waals surface area (Å²) in [6, 6.07) is 5.52. The number of amides is 3. The Kier molecular flexibility index (Phi) is 3.06. The van der Waals surface area contributed by atoms with Gasteiger partial charge >= 0.3 is 6.03 Å². The second-order valence-corrected chi connectivity index (χ2v) is 4.75. The van der Waals surface area contributed by atoms with Crippen LogP contribution in [0.4, 0.5) is 4.79 Å². The molecule has 2 N–H and O–H groups in total. The van der Waals surface area contributed by atoms with E-state index in [1.165, 1.54) is 4.90 Å². The van der Waals surface area contributed by atoms with Gasteiger partial charge in [-0.2, -0.15) is 0 Å². The maximum Gasteiger partial charge on any atom is 0.324 e. The highest BCUT2D eigenvalue weighted by molar-refractivity contribution is 6.01. The van der Waals surface area contributed by atoms with Gasteiger partial charge in [-0.3, -0.25) is 10.1 Å². The molecule has 1 saturated heterocycles. The zero-order valence-corrected chi connectivity index (χ0v) is 11.1. The van der Waals surface area contributed by atoms with Crippen molar-refractivity contribution in [2.45, 2.75) is 6.42 Å². The van der Waals surface area contributed by atoms with Gasteiger partial charge in [-0.1, -0.05) is 0 Å². The van der Waals surface area contributed by atoms with Crippen LogP contribution in [0.5, 0.6) is 5.75 Å². The lowest BCUT2D eigenvalue weighted by Gasteiger charge is -2.12. The van der Waals surface area contributed by atoms with Crippen LogP contribution in [0.2, 0.25) is 0 Å². The van der Waals surface area contributed by atoms with E-state index >= 15 is 0 Å². The summed E-state index contributed by atoms with van der Waals surface area (Å²) in [6.45, 7) is 0.659. The number of carbonyl (C=O) groups excluding carboxylic acids is 2. The lowest BCUT2D eigenvalue weighted by molar-refractivity contribution is -0.118. The lowest BCUT2D eigenvalue weighted by atomic mass is 10.1. The number of ether oxygens (including phenoxy) is 1. The summed E-state index contributed by atoms with van der Waals surface area (Å²) >= 11 is 0. The van der Waals surface area contributed by atoms with Gasteiger partial charge in [0.1, 0.15) is 12.3 Å². The fourth-order valence-electron chi connectivity index (χ4n) is 2.41. The molecule has 1 aromatic heterocycles. The molecule has 1 aromatic carbocycles. The third-order valence-electron chi connectivity index (χ3n) is 3.49. The molecule has 1 fully saturated rings. The Morgan fingerprint density at radius 2 is 2.20 bits per heavy atom. The van der Waals surface area contributed by atoms with Crippen LogP contribution in [0.3, 0.4) is 0 Å². The molecule has 0 aliphatic carbocycles. The van der Waals surface area contributed by atoms with E-state index in [-0.39, 0.29) is 18.5 Å². The normalized spacial score (nSPS) is 14.9. The largest absolute Gasteiger partial charge is 0.497 e. The third kappa shape index (κ3) is 2.20. The predicted molar refractivity (Wildman–Crippen MR) is 73.7 cm³/mol. The number of carbonyl (C=O) groups is 2. The predicted octanol–water partition coefficient (Wildman–Crippen LogP) is 1.27. The molecule has 1 aliphatic heterocycles. The fourth-order valence-corrected chi connectivity index (χ4v) is 2.41. The Labute approximate surface area is 115 Å². The number of nitrogens with zero attached hydrogens (tertiary/aromatic N) is 1. The highest BCUT2D eigenvalue weighted by Gasteiger charge is 2.26. The number of hydrogen-bond acceptors (Lipinski definition) is 3. The number of imide groups is 1. The molecule has 2 heterocycles. The van der Waals surface area contributed by atoms with Crippen molar-refractivity contribution >= 4 is 22.8 Å². The quantitative estimate of drug-likeness (QED) is 0.824. The second kappa shape index (κ2) is 4.88. The highest BCUT2D eigenvalue weighted by Crippen LogP contribution is 2.24. The minimum atomic E-state index is -0.313. The number of aromatic amines is 1. The average molecular weight is 273 g/mol. The number of hydrogen-bond donors (Lipinski definition) is 2. The lowest BCUT2D eigenvalue weighted by Crippen LogP contribution is -2.30. The minimum Gasteiger partial charge on any atom is -0.497 e. The number of fused-ring (bicyclic) bond motifs is 1. The van der Waals surface area contributed by atoms with Crippen molar-refractivity contribution < 1.29 is 14.3 Å².